The molecular weight excluding hydrogens is 346 g/mol. The number of rotatable bonds is 4. The zero-order valence-corrected chi connectivity index (χ0v) is 15.9. The molecule has 142 valence electrons. The lowest BCUT2D eigenvalue weighted by Crippen LogP contribution is -2.60. The number of oxazole rings is 1. The Morgan fingerprint density at radius 3 is 2.52 bits per heavy atom. The Morgan fingerprint density at radius 1 is 1.30 bits per heavy atom. The fourth-order valence-electron chi connectivity index (χ4n) is 4.03. The maximum absolute atomic E-state index is 11.3. The highest BCUT2D eigenvalue weighted by Crippen LogP contribution is 2.35. The highest BCUT2D eigenvalue weighted by Gasteiger charge is 2.38. The molecule has 8 nitrogen and oxygen atoms in total. The van der Waals surface area contributed by atoms with Crippen LogP contribution in [0.5, 0.6) is 0 Å². The summed E-state index contributed by atoms with van der Waals surface area (Å²) in [6.07, 6.45) is 1.67. The summed E-state index contributed by atoms with van der Waals surface area (Å²) in [7, 11) is 0. The molecule has 1 aliphatic heterocycles. The lowest BCUT2D eigenvalue weighted by atomic mass is 9.79. The Morgan fingerprint density at radius 2 is 1.93 bits per heavy atom. The minimum absolute atomic E-state index is 0.0637. The molecule has 8 heteroatoms. The van der Waals surface area contributed by atoms with E-state index in [0.29, 0.717) is 0 Å². The number of benzene rings is 1. The minimum Gasteiger partial charge on any atom is -0.419 e. The van der Waals surface area contributed by atoms with Crippen molar-refractivity contribution in [1.82, 2.24) is 10.3 Å². The van der Waals surface area contributed by atoms with Crippen molar-refractivity contribution in [3.8, 4) is 17.5 Å². The van der Waals surface area contributed by atoms with Crippen LogP contribution in [0, 0.1) is 21.4 Å². The molecule has 27 heavy (non-hydrogen) atoms. The van der Waals surface area contributed by atoms with Crippen molar-refractivity contribution >= 4 is 11.6 Å². The van der Waals surface area contributed by atoms with E-state index in [-0.39, 0.29) is 45.8 Å². The summed E-state index contributed by atoms with van der Waals surface area (Å²) in [5.41, 5.74) is 0.0786. The van der Waals surface area contributed by atoms with Crippen molar-refractivity contribution in [2.45, 2.75) is 57.7 Å². The Labute approximate surface area is 157 Å². The molecular formula is C19H23N5O3. The molecule has 0 unspecified atom stereocenters. The first kappa shape index (κ1) is 18.9. The number of nitrogens with zero attached hydrogens (tertiary/aromatic N) is 3. The van der Waals surface area contributed by atoms with Crippen LogP contribution in [0.4, 0.5) is 11.6 Å². The van der Waals surface area contributed by atoms with Gasteiger partial charge in [0.15, 0.2) is 0 Å². The number of nitriles is 1. The summed E-state index contributed by atoms with van der Waals surface area (Å²) in [6, 6.07) is 8.29. The first-order chi connectivity index (χ1) is 12.6. The lowest BCUT2D eigenvalue weighted by Gasteiger charge is -2.46. The van der Waals surface area contributed by atoms with Gasteiger partial charge in [0, 0.05) is 23.2 Å². The lowest BCUT2D eigenvalue weighted by molar-refractivity contribution is -0.384. The molecule has 1 saturated heterocycles. The molecule has 1 aromatic carbocycles. The normalized spacial score (nSPS) is 18.6. The molecule has 0 spiro atoms. The fourth-order valence-corrected chi connectivity index (χ4v) is 4.03. The van der Waals surface area contributed by atoms with Crippen molar-refractivity contribution in [3.63, 3.8) is 0 Å². The Balaban J connectivity index is 1.93. The average molecular weight is 369 g/mol. The number of piperidine rings is 1. The van der Waals surface area contributed by atoms with Crippen LogP contribution >= 0.6 is 0 Å². The van der Waals surface area contributed by atoms with E-state index in [0.717, 1.165) is 12.8 Å². The van der Waals surface area contributed by atoms with Crippen LogP contribution in [-0.2, 0) is 0 Å². The molecule has 0 saturated carbocycles. The summed E-state index contributed by atoms with van der Waals surface area (Å²) >= 11 is 0. The Bertz CT molecular complexity index is 894. The number of para-hydroxylation sites is 1. The van der Waals surface area contributed by atoms with E-state index in [9.17, 15) is 15.4 Å². The van der Waals surface area contributed by atoms with E-state index in [4.69, 9.17) is 4.42 Å². The third kappa shape index (κ3) is 4.09. The maximum Gasteiger partial charge on any atom is 0.282 e. The van der Waals surface area contributed by atoms with Gasteiger partial charge in [0.2, 0.25) is 17.5 Å². The zero-order valence-electron chi connectivity index (χ0n) is 15.9. The monoisotopic (exact) mass is 369 g/mol. The highest BCUT2D eigenvalue weighted by molar-refractivity contribution is 5.68. The van der Waals surface area contributed by atoms with Gasteiger partial charge in [-0.1, -0.05) is 12.1 Å². The van der Waals surface area contributed by atoms with Gasteiger partial charge in [0.05, 0.1) is 4.92 Å². The summed E-state index contributed by atoms with van der Waals surface area (Å²) < 4.78 is 5.75. The topological polar surface area (TPSA) is 117 Å². The molecule has 1 aliphatic rings. The van der Waals surface area contributed by atoms with Crippen molar-refractivity contribution in [2.24, 2.45) is 0 Å². The van der Waals surface area contributed by atoms with Gasteiger partial charge in [-0.15, -0.1) is 0 Å². The predicted molar refractivity (Wildman–Crippen MR) is 101 cm³/mol. The average Bonchev–Trinajstić information content (AvgIpc) is 2.94. The molecule has 3 rings (SSSR count). The summed E-state index contributed by atoms with van der Waals surface area (Å²) in [6.45, 7) is 8.53. The van der Waals surface area contributed by atoms with Crippen molar-refractivity contribution in [2.75, 3.05) is 5.32 Å². The highest BCUT2D eigenvalue weighted by atomic mass is 16.6. The first-order valence-electron chi connectivity index (χ1n) is 8.81. The molecule has 0 amide bonds. The molecule has 0 aliphatic carbocycles. The van der Waals surface area contributed by atoms with E-state index >= 15 is 0 Å². The van der Waals surface area contributed by atoms with Gasteiger partial charge in [0.25, 0.3) is 5.69 Å². The van der Waals surface area contributed by atoms with Crippen LogP contribution in [-0.4, -0.2) is 27.0 Å². The van der Waals surface area contributed by atoms with Gasteiger partial charge in [-0.2, -0.15) is 10.2 Å². The van der Waals surface area contributed by atoms with Crippen LogP contribution in [0.2, 0.25) is 0 Å². The summed E-state index contributed by atoms with van der Waals surface area (Å²) in [4.78, 5) is 14.9. The maximum atomic E-state index is 11.3. The standard InChI is InChI=1S/C19H23N5O3/c1-18(2)9-12(10-19(3,4)23-18)21-17-14(11-20)22-16(27-17)13-7-5-6-8-15(13)24(25)26/h5-8,12,21,23H,9-10H2,1-4H3. The molecule has 2 N–H and O–H groups in total. The van der Waals surface area contributed by atoms with Gasteiger partial charge < -0.3 is 15.1 Å². The third-order valence-electron chi connectivity index (χ3n) is 4.59. The number of hydrogen-bond donors (Lipinski definition) is 2. The van der Waals surface area contributed by atoms with Gasteiger partial charge >= 0.3 is 0 Å². The number of nitro benzene ring substituents is 1. The second kappa shape index (κ2) is 6.67. The molecule has 0 atom stereocenters. The van der Waals surface area contributed by atoms with Crippen molar-refractivity contribution < 1.29 is 9.34 Å². The number of nitro groups is 1. The Kier molecular flexibility index (Phi) is 4.66. The van der Waals surface area contributed by atoms with Gasteiger partial charge in [-0.25, -0.2) is 0 Å². The van der Waals surface area contributed by atoms with Crippen molar-refractivity contribution in [1.29, 1.82) is 5.26 Å². The predicted octanol–water partition coefficient (Wildman–Crippen LogP) is 3.84. The van der Waals surface area contributed by atoms with Crippen LogP contribution in [0.3, 0.4) is 0 Å². The second-order valence-electron chi connectivity index (χ2n) is 8.23. The van der Waals surface area contributed by atoms with Gasteiger partial charge in [0.1, 0.15) is 11.6 Å². The third-order valence-corrected chi connectivity index (χ3v) is 4.59. The van der Waals surface area contributed by atoms with Gasteiger partial charge in [-0.05, 0) is 46.6 Å². The number of nitrogens with one attached hydrogen (secondary N) is 2. The molecule has 2 heterocycles. The van der Waals surface area contributed by atoms with E-state index in [1.54, 1.807) is 18.2 Å². The van der Waals surface area contributed by atoms with Crippen LogP contribution in [0.25, 0.3) is 11.5 Å². The van der Waals surface area contributed by atoms with Gasteiger partial charge in [-0.3, -0.25) is 10.1 Å². The second-order valence-corrected chi connectivity index (χ2v) is 8.23. The number of anilines is 1. The number of aromatic nitrogens is 1. The number of hydrogen-bond acceptors (Lipinski definition) is 7. The minimum atomic E-state index is -0.490. The Hall–Kier alpha value is -2.92. The zero-order chi connectivity index (χ0) is 19.8. The van der Waals surface area contributed by atoms with E-state index < -0.39 is 4.92 Å². The first-order valence-corrected chi connectivity index (χ1v) is 8.81. The van der Waals surface area contributed by atoms with E-state index in [2.05, 4.69) is 43.3 Å². The van der Waals surface area contributed by atoms with Crippen LogP contribution in [0.1, 0.15) is 46.2 Å². The van der Waals surface area contributed by atoms with Crippen LogP contribution < -0.4 is 10.6 Å². The van der Waals surface area contributed by atoms with Crippen molar-refractivity contribution in [3.05, 3.63) is 40.1 Å². The molecule has 1 fully saturated rings. The summed E-state index contributed by atoms with van der Waals surface area (Å²) in [5, 5.41) is 27.6. The molecule has 0 radical (unpaired) electrons. The van der Waals surface area contributed by atoms with Crippen LogP contribution in [0.15, 0.2) is 28.7 Å². The van der Waals surface area contributed by atoms with E-state index in [1.165, 1.54) is 6.07 Å². The molecule has 2 aromatic rings. The quantitative estimate of drug-likeness (QED) is 0.621. The smallest absolute Gasteiger partial charge is 0.282 e. The SMILES string of the molecule is CC1(C)CC(Nc2oc(-c3ccccc3[N+](=O)[O-])nc2C#N)CC(C)(C)N1. The molecule has 0 bridgehead atoms. The molecule has 1 aromatic heterocycles. The van der Waals surface area contributed by atoms with E-state index in [1.807, 2.05) is 6.07 Å². The summed E-state index contributed by atoms with van der Waals surface area (Å²) in [5.74, 6) is 0.318. The largest absolute Gasteiger partial charge is 0.419 e. The fraction of sp³-hybridized carbons (Fsp3) is 0.474.